The van der Waals surface area contributed by atoms with Crippen LogP contribution in [-0.4, -0.2) is 29.4 Å². The first kappa shape index (κ1) is 18.4. The quantitative estimate of drug-likeness (QED) is 0.871. The van der Waals surface area contributed by atoms with Crippen LogP contribution in [-0.2, 0) is 19.3 Å². The first-order chi connectivity index (χ1) is 12.3. The molecule has 0 unspecified atom stereocenters. The van der Waals surface area contributed by atoms with E-state index in [-0.39, 0.29) is 30.1 Å². The molecule has 1 aliphatic heterocycles. The lowest BCUT2D eigenvalue weighted by atomic mass is 10.1. The second-order valence-corrected chi connectivity index (χ2v) is 6.03. The number of halogens is 4. The van der Waals surface area contributed by atoms with Crippen LogP contribution in [0.4, 0.5) is 13.2 Å². The summed E-state index contributed by atoms with van der Waals surface area (Å²) in [5.74, 6) is -0.235. The zero-order chi connectivity index (χ0) is 18.9. The molecule has 1 amide bonds. The second-order valence-electron chi connectivity index (χ2n) is 5.59. The zero-order valence-corrected chi connectivity index (χ0v) is 14.4. The van der Waals surface area contributed by atoms with Gasteiger partial charge in [-0.05, 0) is 31.0 Å². The number of rotatable bonds is 4. The van der Waals surface area contributed by atoms with Gasteiger partial charge in [0.15, 0.2) is 5.69 Å². The molecule has 26 heavy (non-hydrogen) atoms. The summed E-state index contributed by atoms with van der Waals surface area (Å²) in [5.41, 5.74) is -0.807. The van der Waals surface area contributed by atoms with Gasteiger partial charge < -0.3 is 14.8 Å². The van der Waals surface area contributed by atoms with Crippen molar-refractivity contribution < 1.29 is 27.4 Å². The van der Waals surface area contributed by atoms with Crippen LogP contribution in [0, 0.1) is 0 Å². The van der Waals surface area contributed by atoms with Crippen molar-refractivity contribution in [2.75, 3.05) is 13.7 Å². The lowest BCUT2D eigenvalue weighted by Gasteiger charge is -2.16. The molecule has 0 saturated heterocycles. The number of methoxy groups -OCH3 is 1. The highest BCUT2D eigenvalue weighted by Gasteiger charge is 2.40. The molecule has 140 valence electrons. The number of amides is 1. The summed E-state index contributed by atoms with van der Waals surface area (Å²) in [6.07, 6.45) is -3.88. The minimum absolute atomic E-state index is 0.0123. The molecule has 6 nitrogen and oxygen atoms in total. The number of ether oxygens (including phenoxy) is 2. The molecule has 0 saturated carbocycles. The molecule has 0 radical (unpaired) electrons. The van der Waals surface area contributed by atoms with Crippen molar-refractivity contribution in [3.05, 3.63) is 40.0 Å². The fourth-order valence-electron chi connectivity index (χ4n) is 2.72. The van der Waals surface area contributed by atoms with Crippen LogP contribution in [0.15, 0.2) is 18.2 Å². The molecule has 1 N–H and O–H groups in total. The SMILES string of the molecule is COc1ccc(Cl)cc1C(=O)NCn1nc(C(F)(F)F)c2c1OCCC2. The summed E-state index contributed by atoms with van der Waals surface area (Å²) < 4.78 is 50.9. The smallest absolute Gasteiger partial charge is 0.435 e. The van der Waals surface area contributed by atoms with E-state index in [0.717, 1.165) is 4.68 Å². The minimum atomic E-state index is -4.59. The predicted molar refractivity (Wildman–Crippen MR) is 86.5 cm³/mol. The highest BCUT2D eigenvalue weighted by Crippen LogP contribution is 2.37. The monoisotopic (exact) mass is 389 g/mol. The third-order valence-corrected chi connectivity index (χ3v) is 4.11. The van der Waals surface area contributed by atoms with Crippen molar-refractivity contribution in [3.8, 4) is 11.6 Å². The lowest BCUT2D eigenvalue weighted by molar-refractivity contribution is -0.142. The van der Waals surface area contributed by atoms with Gasteiger partial charge in [0.1, 0.15) is 12.4 Å². The Balaban J connectivity index is 1.83. The third-order valence-electron chi connectivity index (χ3n) is 3.87. The van der Waals surface area contributed by atoms with Gasteiger partial charge in [-0.3, -0.25) is 4.79 Å². The van der Waals surface area contributed by atoms with E-state index < -0.39 is 17.8 Å². The number of hydrogen-bond acceptors (Lipinski definition) is 4. The summed E-state index contributed by atoms with van der Waals surface area (Å²) in [4.78, 5) is 12.4. The lowest BCUT2D eigenvalue weighted by Crippen LogP contribution is -2.28. The molecule has 1 aromatic carbocycles. The number of carbonyl (C=O) groups is 1. The van der Waals surface area contributed by atoms with Crippen LogP contribution in [0.5, 0.6) is 11.6 Å². The number of nitrogens with one attached hydrogen (secondary N) is 1. The van der Waals surface area contributed by atoms with Gasteiger partial charge in [0, 0.05) is 10.6 Å². The number of alkyl halides is 3. The van der Waals surface area contributed by atoms with Crippen LogP contribution in [0.3, 0.4) is 0 Å². The molecular formula is C16H15ClF3N3O3. The van der Waals surface area contributed by atoms with Gasteiger partial charge in [0.25, 0.3) is 5.91 Å². The number of carbonyl (C=O) groups excluding carboxylic acids is 1. The van der Waals surface area contributed by atoms with Crippen molar-refractivity contribution >= 4 is 17.5 Å². The Morgan fingerprint density at radius 2 is 2.23 bits per heavy atom. The predicted octanol–water partition coefficient (Wildman–Crippen LogP) is 3.28. The Morgan fingerprint density at radius 1 is 1.46 bits per heavy atom. The Bertz CT molecular complexity index is 836. The molecule has 1 aromatic heterocycles. The van der Waals surface area contributed by atoms with E-state index >= 15 is 0 Å². The second kappa shape index (κ2) is 7.06. The van der Waals surface area contributed by atoms with Gasteiger partial charge in [-0.1, -0.05) is 11.6 Å². The number of benzene rings is 1. The first-order valence-corrected chi connectivity index (χ1v) is 8.10. The highest BCUT2D eigenvalue weighted by atomic mass is 35.5. The average Bonchev–Trinajstić information content (AvgIpc) is 2.99. The summed E-state index contributed by atoms with van der Waals surface area (Å²) >= 11 is 5.89. The van der Waals surface area contributed by atoms with E-state index in [1.165, 1.54) is 19.2 Å². The fraction of sp³-hybridized carbons (Fsp3) is 0.375. The van der Waals surface area contributed by atoms with E-state index in [1.807, 2.05) is 0 Å². The molecule has 0 aliphatic carbocycles. The molecule has 0 bridgehead atoms. The molecule has 3 rings (SSSR count). The molecule has 2 aromatic rings. The van der Waals surface area contributed by atoms with E-state index in [1.54, 1.807) is 6.07 Å². The molecule has 0 fully saturated rings. The van der Waals surface area contributed by atoms with E-state index in [4.69, 9.17) is 21.1 Å². The number of aromatic nitrogens is 2. The average molecular weight is 390 g/mol. The Morgan fingerprint density at radius 3 is 2.92 bits per heavy atom. The summed E-state index contributed by atoms with van der Waals surface area (Å²) in [6, 6.07) is 4.49. The maximum atomic E-state index is 13.1. The number of hydrogen-bond donors (Lipinski definition) is 1. The molecule has 0 atom stereocenters. The van der Waals surface area contributed by atoms with E-state index in [2.05, 4.69) is 10.4 Å². The summed E-state index contributed by atoms with van der Waals surface area (Å²) in [5, 5.41) is 6.42. The molecule has 10 heteroatoms. The Kier molecular flexibility index (Phi) is 4.99. The summed E-state index contributed by atoms with van der Waals surface area (Å²) in [6.45, 7) is 0.0129. The zero-order valence-electron chi connectivity index (χ0n) is 13.7. The molecular weight excluding hydrogens is 375 g/mol. The summed E-state index contributed by atoms with van der Waals surface area (Å²) in [7, 11) is 1.40. The van der Waals surface area contributed by atoms with Gasteiger partial charge in [0.2, 0.25) is 5.88 Å². The van der Waals surface area contributed by atoms with Crippen molar-refractivity contribution in [3.63, 3.8) is 0 Å². The maximum Gasteiger partial charge on any atom is 0.435 e. The van der Waals surface area contributed by atoms with Crippen molar-refractivity contribution in [1.82, 2.24) is 15.1 Å². The minimum Gasteiger partial charge on any atom is -0.496 e. The first-order valence-electron chi connectivity index (χ1n) is 7.72. The maximum absolute atomic E-state index is 13.1. The van der Waals surface area contributed by atoms with E-state index in [9.17, 15) is 18.0 Å². The van der Waals surface area contributed by atoms with Gasteiger partial charge in [0.05, 0.1) is 19.3 Å². The van der Waals surface area contributed by atoms with Crippen LogP contribution < -0.4 is 14.8 Å². The molecule has 2 heterocycles. The molecule has 1 aliphatic rings. The van der Waals surface area contributed by atoms with E-state index in [0.29, 0.717) is 23.8 Å². The number of nitrogens with zero attached hydrogens (tertiary/aromatic N) is 2. The van der Waals surface area contributed by atoms with Gasteiger partial charge >= 0.3 is 6.18 Å². The normalized spacial score (nSPS) is 13.7. The van der Waals surface area contributed by atoms with Crippen LogP contribution in [0.25, 0.3) is 0 Å². The van der Waals surface area contributed by atoms with Gasteiger partial charge in [-0.25, -0.2) is 4.68 Å². The van der Waals surface area contributed by atoms with Crippen molar-refractivity contribution in [2.45, 2.75) is 25.7 Å². The third kappa shape index (κ3) is 3.57. The highest BCUT2D eigenvalue weighted by molar-refractivity contribution is 6.31. The fourth-order valence-corrected chi connectivity index (χ4v) is 2.89. The Labute approximate surface area is 151 Å². The largest absolute Gasteiger partial charge is 0.496 e. The van der Waals surface area contributed by atoms with Crippen molar-refractivity contribution in [2.24, 2.45) is 0 Å². The van der Waals surface area contributed by atoms with Gasteiger partial charge in [-0.2, -0.15) is 18.3 Å². The van der Waals surface area contributed by atoms with Crippen LogP contribution >= 0.6 is 11.6 Å². The van der Waals surface area contributed by atoms with Crippen LogP contribution in [0.1, 0.15) is 28.0 Å². The topological polar surface area (TPSA) is 65.4 Å². The van der Waals surface area contributed by atoms with Crippen LogP contribution in [0.2, 0.25) is 5.02 Å². The number of fused-ring (bicyclic) bond motifs is 1. The molecule has 0 spiro atoms. The van der Waals surface area contributed by atoms with Crippen molar-refractivity contribution in [1.29, 1.82) is 0 Å². The van der Waals surface area contributed by atoms with Gasteiger partial charge in [-0.15, -0.1) is 0 Å². The Hall–Kier alpha value is -2.42. The standard InChI is InChI=1S/C16H15ClF3N3O3/c1-25-12-5-4-9(17)7-11(12)14(24)21-8-23-15-10(3-2-6-26-15)13(22-23)16(18,19)20/h4-5,7H,2-3,6,8H2,1H3,(H,21,24).